The first-order valence-corrected chi connectivity index (χ1v) is 6.82. The van der Waals surface area contributed by atoms with Crippen molar-refractivity contribution in [3.05, 3.63) is 29.3 Å². The molecule has 1 aliphatic heterocycles. The summed E-state index contributed by atoms with van der Waals surface area (Å²) in [6.07, 6.45) is -5.58. The van der Waals surface area contributed by atoms with E-state index in [2.05, 4.69) is 5.32 Å². The van der Waals surface area contributed by atoms with Gasteiger partial charge in [0.05, 0.1) is 6.61 Å². The lowest BCUT2D eigenvalue weighted by Gasteiger charge is -2.40. The van der Waals surface area contributed by atoms with Gasteiger partial charge in [-0.15, -0.1) is 0 Å². The van der Waals surface area contributed by atoms with Gasteiger partial charge >= 0.3 is 0 Å². The fraction of sp³-hybridized carbons (Fsp3) is 0.500. The van der Waals surface area contributed by atoms with E-state index >= 15 is 0 Å². The Morgan fingerprint density at radius 2 is 2.00 bits per heavy atom. The largest absolute Gasteiger partial charge is 0.398 e. The van der Waals surface area contributed by atoms with Gasteiger partial charge in [-0.3, -0.25) is 4.79 Å². The lowest BCUT2D eigenvalue weighted by molar-refractivity contribution is -0.252. The molecule has 1 heterocycles. The molecule has 0 bridgehead atoms. The summed E-state index contributed by atoms with van der Waals surface area (Å²) in [5.74, 6) is -0.576. The van der Waals surface area contributed by atoms with Crippen molar-refractivity contribution in [3.63, 3.8) is 0 Å². The minimum Gasteiger partial charge on any atom is -0.398 e. The number of nitrogens with two attached hydrogens (primary N) is 1. The number of nitrogen functional groups attached to an aromatic ring is 1. The zero-order valence-corrected chi connectivity index (χ0v) is 12.0. The summed E-state index contributed by atoms with van der Waals surface area (Å²) < 4.78 is 4.97. The maximum atomic E-state index is 12.1. The van der Waals surface area contributed by atoms with E-state index in [-0.39, 0.29) is 5.56 Å². The van der Waals surface area contributed by atoms with Crippen molar-refractivity contribution in [2.24, 2.45) is 0 Å². The molecule has 122 valence electrons. The number of ether oxygens (including phenoxy) is 1. The summed E-state index contributed by atoms with van der Waals surface area (Å²) in [4.78, 5) is 12.1. The molecule has 8 heteroatoms. The molecule has 1 unspecified atom stereocenters. The van der Waals surface area contributed by atoms with Gasteiger partial charge in [-0.25, -0.2) is 0 Å². The summed E-state index contributed by atoms with van der Waals surface area (Å²) in [7, 11) is 0. The van der Waals surface area contributed by atoms with Crippen molar-refractivity contribution < 1.29 is 30.0 Å². The molecule has 1 fully saturated rings. The predicted octanol–water partition coefficient (Wildman–Crippen LogP) is -1.89. The monoisotopic (exact) mass is 312 g/mol. The van der Waals surface area contributed by atoms with Gasteiger partial charge in [-0.2, -0.15) is 0 Å². The van der Waals surface area contributed by atoms with E-state index in [1.165, 1.54) is 6.07 Å². The fourth-order valence-corrected chi connectivity index (χ4v) is 2.27. The number of carbonyl (C=O) groups is 1. The molecule has 1 aromatic carbocycles. The number of hydrogen-bond donors (Lipinski definition) is 6. The molecule has 1 saturated heterocycles. The van der Waals surface area contributed by atoms with Gasteiger partial charge in [0.25, 0.3) is 5.91 Å². The van der Waals surface area contributed by atoms with Crippen LogP contribution in [0, 0.1) is 6.92 Å². The third kappa shape index (κ3) is 3.21. The van der Waals surface area contributed by atoms with Crippen molar-refractivity contribution in [2.45, 2.75) is 37.6 Å². The van der Waals surface area contributed by atoms with Crippen LogP contribution in [-0.2, 0) is 4.74 Å². The molecule has 8 nitrogen and oxygen atoms in total. The first-order chi connectivity index (χ1) is 10.3. The minimum atomic E-state index is -1.55. The fourth-order valence-electron chi connectivity index (χ4n) is 2.27. The second-order valence-corrected chi connectivity index (χ2v) is 5.30. The second-order valence-electron chi connectivity index (χ2n) is 5.30. The lowest BCUT2D eigenvalue weighted by atomic mass is 9.96. The van der Waals surface area contributed by atoms with Crippen LogP contribution in [0.5, 0.6) is 0 Å². The van der Waals surface area contributed by atoms with E-state index in [0.717, 1.165) is 5.56 Å². The van der Waals surface area contributed by atoms with E-state index in [1.807, 2.05) is 0 Å². The Morgan fingerprint density at radius 1 is 1.32 bits per heavy atom. The quantitative estimate of drug-likeness (QED) is 0.358. The molecular weight excluding hydrogens is 292 g/mol. The van der Waals surface area contributed by atoms with Gasteiger partial charge in [-0.1, -0.05) is 6.07 Å². The molecule has 5 atom stereocenters. The van der Waals surface area contributed by atoms with Gasteiger partial charge in [0.1, 0.15) is 24.4 Å². The first-order valence-electron chi connectivity index (χ1n) is 6.82. The summed E-state index contributed by atoms with van der Waals surface area (Å²) in [5.41, 5.74) is 7.24. The van der Waals surface area contributed by atoms with Gasteiger partial charge in [0.2, 0.25) is 0 Å². The highest BCUT2D eigenvalue weighted by atomic mass is 16.6. The van der Waals surface area contributed by atoms with Gasteiger partial charge < -0.3 is 36.2 Å². The predicted molar refractivity (Wildman–Crippen MR) is 76.8 cm³/mol. The summed E-state index contributed by atoms with van der Waals surface area (Å²) in [5, 5.41) is 40.9. The van der Waals surface area contributed by atoms with E-state index in [1.54, 1.807) is 19.1 Å². The molecule has 0 saturated carbocycles. The number of amides is 1. The van der Waals surface area contributed by atoms with Crippen LogP contribution in [0.4, 0.5) is 5.69 Å². The van der Waals surface area contributed by atoms with Crippen LogP contribution in [0.25, 0.3) is 0 Å². The summed E-state index contributed by atoms with van der Waals surface area (Å²) in [6.45, 7) is 1.23. The van der Waals surface area contributed by atoms with Crippen LogP contribution in [0.1, 0.15) is 15.9 Å². The minimum absolute atomic E-state index is 0.251. The third-order valence-electron chi connectivity index (χ3n) is 3.74. The van der Waals surface area contributed by atoms with E-state index < -0.39 is 43.2 Å². The number of nitrogens with one attached hydrogen (secondary N) is 1. The zero-order valence-electron chi connectivity index (χ0n) is 12.0. The number of hydrogen-bond acceptors (Lipinski definition) is 7. The second kappa shape index (κ2) is 6.59. The molecule has 0 aliphatic carbocycles. The summed E-state index contributed by atoms with van der Waals surface area (Å²) >= 11 is 0. The average molecular weight is 312 g/mol. The van der Waals surface area contributed by atoms with Crippen LogP contribution >= 0.6 is 0 Å². The highest BCUT2D eigenvalue weighted by Gasteiger charge is 2.44. The Kier molecular flexibility index (Phi) is 4.99. The molecule has 1 aliphatic rings. The van der Waals surface area contributed by atoms with Crippen LogP contribution in [0.2, 0.25) is 0 Å². The molecule has 0 radical (unpaired) electrons. The van der Waals surface area contributed by atoms with Crippen molar-refractivity contribution in [1.82, 2.24) is 5.32 Å². The Balaban J connectivity index is 2.11. The molecular formula is C14H20N2O6. The van der Waals surface area contributed by atoms with Crippen LogP contribution in [0.3, 0.4) is 0 Å². The van der Waals surface area contributed by atoms with Crippen molar-refractivity contribution in [3.8, 4) is 0 Å². The Labute approximate surface area is 127 Å². The van der Waals surface area contributed by atoms with Gasteiger partial charge in [0.15, 0.2) is 6.29 Å². The van der Waals surface area contributed by atoms with Crippen LogP contribution in [-0.4, -0.2) is 63.6 Å². The lowest BCUT2D eigenvalue weighted by Crippen LogP contribution is -2.64. The molecule has 7 N–H and O–H groups in total. The van der Waals surface area contributed by atoms with E-state index in [0.29, 0.717) is 5.69 Å². The average Bonchev–Trinajstić information content (AvgIpc) is 2.49. The molecule has 0 aromatic heterocycles. The third-order valence-corrected chi connectivity index (χ3v) is 3.74. The highest BCUT2D eigenvalue weighted by molar-refractivity contribution is 5.95. The maximum absolute atomic E-state index is 12.1. The molecule has 0 spiro atoms. The molecule has 1 aromatic rings. The highest BCUT2D eigenvalue weighted by Crippen LogP contribution is 2.20. The number of rotatable bonds is 3. The molecule has 22 heavy (non-hydrogen) atoms. The number of benzene rings is 1. The Hall–Kier alpha value is -1.71. The van der Waals surface area contributed by atoms with Crippen molar-refractivity contribution in [1.29, 1.82) is 0 Å². The van der Waals surface area contributed by atoms with Crippen LogP contribution in [0.15, 0.2) is 18.2 Å². The Bertz CT molecular complexity index is 552. The van der Waals surface area contributed by atoms with Gasteiger partial charge in [-0.05, 0) is 24.6 Å². The number of carbonyl (C=O) groups excluding carboxylic acids is 1. The number of anilines is 1. The maximum Gasteiger partial charge on any atom is 0.251 e. The molecule has 1 amide bonds. The normalized spacial score (nSPS) is 31.8. The summed E-state index contributed by atoms with van der Waals surface area (Å²) in [6, 6.07) is 3.47. The number of aliphatic hydroxyl groups excluding tert-OH is 4. The molecule has 2 rings (SSSR count). The zero-order chi connectivity index (χ0) is 16.4. The number of aryl methyl sites for hydroxylation is 1. The topological polar surface area (TPSA) is 145 Å². The van der Waals surface area contributed by atoms with E-state index in [4.69, 9.17) is 15.6 Å². The van der Waals surface area contributed by atoms with Crippen molar-refractivity contribution >= 4 is 11.6 Å². The Morgan fingerprint density at radius 3 is 2.59 bits per heavy atom. The van der Waals surface area contributed by atoms with Gasteiger partial charge in [0, 0.05) is 11.3 Å². The van der Waals surface area contributed by atoms with Crippen molar-refractivity contribution in [2.75, 3.05) is 12.3 Å². The van der Waals surface area contributed by atoms with E-state index in [9.17, 15) is 20.1 Å². The smallest absolute Gasteiger partial charge is 0.251 e. The number of aliphatic hydroxyl groups is 4. The SMILES string of the molecule is Cc1ccc(C(=O)N[C@H]2C(O)O[C@H](CO)[C@@H](O)[C@@H]2O)cc1N. The van der Waals surface area contributed by atoms with Crippen LogP contribution < -0.4 is 11.1 Å². The standard InChI is InChI=1S/C14H20N2O6/c1-6-2-3-7(4-8(6)15)13(20)16-10-12(19)11(18)9(5-17)22-14(10)21/h2-4,9-12,14,17-19,21H,5,15H2,1H3,(H,16,20)/t9-,10-,11-,12-,14?/m1/s1. The first kappa shape index (κ1) is 16.7.